The van der Waals surface area contributed by atoms with Gasteiger partial charge in [-0.25, -0.2) is 4.39 Å². The van der Waals surface area contributed by atoms with Gasteiger partial charge in [0.1, 0.15) is 5.82 Å². The number of hydrogen-bond acceptors (Lipinski definition) is 4. The quantitative estimate of drug-likeness (QED) is 0.766. The Hall–Kier alpha value is -3.09. The standard InChI is InChI=1S/C21H23FN2O4/c1-2-27-18-8-3-4-9-19(18)28-15-20(25)23-10-12-24(13-11-23)21(26)16-6-5-7-17(22)14-16/h3-9,14H,2,10-13,15H2,1H3. The summed E-state index contributed by atoms with van der Waals surface area (Å²) >= 11 is 0. The number of ether oxygens (including phenoxy) is 2. The summed E-state index contributed by atoms with van der Waals surface area (Å²) in [6.45, 7) is 3.92. The minimum atomic E-state index is -0.441. The van der Waals surface area contributed by atoms with Gasteiger partial charge in [-0.3, -0.25) is 9.59 Å². The van der Waals surface area contributed by atoms with Gasteiger partial charge in [-0.2, -0.15) is 0 Å². The van der Waals surface area contributed by atoms with Gasteiger partial charge < -0.3 is 19.3 Å². The molecule has 0 unspecified atom stereocenters. The monoisotopic (exact) mass is 386 g/mol. The Bertz CT molecular complexity index is 835. The van der Waals surface area contributed by atoms with Crippen molar-refractivity contribution >= 4 is 11.8 Å². The van der Waals surface area contributed by atoms with E-state index in [0.29, 0.717) is 49.8 Å². The number of rotatable bonds is 6. The van der Waals surface area contributed by atoms with Crippen molar-refractivity contribution < 1.29 is 23.5 Å². The molecule has 2 aromatic carbocycles. The van der Waals surface area contributed by atoms with Gasteiger partial charge in [-0.05, 0) is 37.3 Å². The van der Waals surface area contributed by atoms with Crippen LogP contribution in [0.25, 0.3) is 0 Å². The van der Waals surface area contributed by atoms with Crippen molar-refractivity contribution in [2.75, 3.05) is 39.4 Å². The highest BCUT2D eigenvalue weighted by atomic mass is 19.1. The Morgan fingerprint density at radius 1 is 0.929 bits per heavy atom. The van der Waals surface area contributed by atoms with E-state index >= 15 is 0 Å². The summed E-state index contributed by atoms with van der Waals surface area (Å²) in [5, 5.41) is 0. The number of para-hydroxylation sites is 2. The molecule has 0 aromatic heterocycles. The van der Waals surface area contributed by atoms with Gasteiger partial charge >= 0.3 is 0 Å². The fourth-order valence-electron chi connectivity index (χ4n) is 3.04. The summed E-state index contributed by atoms with van der Waals surface area (Å²) in [6, 6.07) is 12.8. The van der Waals surface area contributed by atoms with E-state index in [4.69, 9.17) is 9.47 Å². The first-order chi connectivity index (χ1) is 13.6. The van der Waals surface area contributed by atoms with E-state index in [0.717, 1.165) is 0 Å². The summed E-state index contributed by atoms with van der Waals surface area (Å²) in [4.78, 5) is 28.2. The molecule has 28 heavy (non-hydrogen) atoms. The molecule has 7 heteroatoms. The highest BCUT2D eigenvalue weighted by Crippen LogP contribution is 2.26. The third-order valence-electron chi connectivity index (χ3n) is 4.49. The number of amides is 2. The highest BCUT2D eigenvalue weighted by Gasteiger charge is 2.25. The van der Waals surface area contributed by atoms with E-state index in [1.54, 1.807) is 28.0 Å². The predicted octanol–water partition coefficient (Wildman–Crippen LogP) is 2.59. The van der Waals surface area contributed by atoms with E-state index in [9.17, 15) is 14.0 Å². The lowest BCUT2D eigenvalue weighted by Crippen LogP contribution is -2.51. The zero-order valence-electron chi connectivity index (χ0n) is 15.8. The average Bonchev–Trinajstić information content (AvgIpc) is 2.73. The van der Waals surface area contributed by atoms with Gasteiger partial charge in [0.25, 0.3) is 11.8 Å². The lowest BCUT2D eigenvalue weighted by molar-refractivity contribution is -0.134. The molecular formula is C21H23FN2O4. The molecule has 0 N–H and O–H groups in total. The molecule has 2 aromatic rings. The molecule has 148 valence electrons. The molecule has 6 nitrogen and oxygen atoms in total. The van der Waals surface area contributed by atoms with E-state index in [-0.39, 0.29) is 18.4 Å². The van der Waals surface area contributed by atoms with Crippen LogP contribution in [0.4, 0.5) is 4.39 Å². The number of nitrogens with zero attached hydrogens (tertiary/aromatic N) is 2. The van der Waals surface area contributed by atoms with Crippen molar-refractivity contribution in [3.63, 3.8) is 0 Å². The zero-order chi connectivity index (χ0) is 19.9. The Labute approximate surface area is 163 Å². The molecule has 0 bridgehead atoms. The zero-order valence-corrected chi connectivity index (χ0v) is 15.8. The van der Waals surface area contributed by atoms with Gasteiger partial charge in [-0.1, -0.05) is 18.2 Å². The van der Waals surface area contributed by atoms with Crippen molar-refractivity contribution in [1.82, 2.24) is 9.80 Å². The van der Waals surface area contributed by atoms with Gasteiger partial charge in [0, 0.05) is 31.7 Å². The molecule has 0 atom stereocenters. The van der Waals surface area contributed by atoms with Gasteiger partial charge in [0.15, 0.2) is 18.1 Å². The summed E-state index contributed by atoms with van der Waals surface area (Å²) in [7, 11) is 0. The Kier molecular flexibility index (Phi) is 6.47. The highest BCUT2D eigenvalue weighted by molar-refractivity contribution is 5.94. The minimum absolute atomic E-state index is 0.0953. The molecule has 1 heterocycles. The van der Waals surface area contributed by atoms with Crippen molar-refractivity contribution in [3.8, 4) is 11.5 Å². The molecule has 0 radical (unpaired) electrons. The largest absolute Gasteiger partial charge is 0.490 e. The molecule has 3 rings (SSSR count). The molecule has 1 aliphatic heterocycles. The second-order valence-corrected chi connectivity index (χ2v) is 6.35. The maximum Gasteiger partial charge on any atom is 0.260 e. The smallest absolute Gasteiger partial charge is 0.260 e. The van der Waals surface area contributed by atoms with Gasteiger partial charge in [-0.15, -0.1) is 0 Å². The summed E-state index contributed by atoms with van der Waals surface area (Å²) < 4.78 is 24.4. The van der Waals surface area contributed by atoms with Crippen LogP contribution in [0.1, 0.15) is 17.3 Å². The van der Waals surface area contributed by atoms with Crippen LogP contribution in [-0.2, 0) is 4.79 Å². The van der Waals surface area contributed by atoms with Crippen LogP contribution in [-0.4, -0.2) is 61.0 Å². The van der Waals surface area contributed by atoms with E-state index in [1.165, 1.54) is 18.2 Å². The lowest BCUT2D eigenvalue weighted by atomic mass is 10.1. The summed E-state index contributed by atoms with van der Waals surface area (Å²) in [6.07, 6.45) is 0. The number of hydrogen-bond donors (Lipinski definition) is 0. The van der Waals surface area contributed by atoms with Crippen LogP contribution in [0.2, 0.25) is 0 Å². The first-order valence-corrected chi connectivity index (χ1v) is 9.25. The Morgan fingerprint density at radius 2 is 1.57 bits per heavy atom. The second-order valence-electron chi connectivity index (χ2n) is 6.35. The first-order valence-electron chi connectivity index (χ1n) is 9.25. The van der Waals surface area contributed by atoms with E-state index in [1.807, 2.05) is 19.1 Å². The maximum absolute atomic E-state index is 13.3. The van der Waals surface area contributed by atoms with Crippen molar-refractivity contribution in [1.29, 1.82) is 0 Å². The molecule has 0 spiro atoms. The SMILES string of the molecule is CCOc1ccccc1OCC(=O)N1CCN(C(=O)c2cccc(F)c2)CC1. The third-order valence-corrected chi connectivity index (χ3v) is 4.49. The predicted molar refractivity (Wildman–Crippen MR) is 102 cm³/mol. The van der Waals surface area contributed by atoms with Crippen LogP contribution >= 0.6 is 0 Å². The van der Waals surface area contributed by atoms with Crippen LogP contribution in [0, 0.1) is 5.82 Å². The number of carbonyl (C=O) groups excluding carboxylic acids is 2. The summed E-state index contributed by atoms with van der Waals surface area (Å²) in [5.74, 6) is 0.308. The van der Waals surface area contributed by atoms with Crippen LogP contribution in [0.5, 0.6) is 11.5 Å². The average molecular weight is 386 g/mol. The topological polar surface area (TPSA) is 59.1 Å². The maximum atomic E-state index is 13.3. The fourth-order valence-corrected chi connectivity index (χ4v) is 3.04. The van der Waals surface area contributed by atoms with Crippen LogP contribution < -0.4 is 9.47 Å². The van der Waals surface area contributed by atoms with Crippen molar-refractivity contribution in [2.24, 2.45) is 0 Å². The molecule has 0 saturated carbocycles. The minimum Gasteiger partial charge on any atom is -0.490 e. The lowest BCUT2D eigenvalue weighted by Gasteiger charge is -2.34. The number of benzene rings is 2. The van der Waals surface area contributed by atoms with Gasteiger partial charge in [0.05, 0.1) is 6.61 Å². The van der Waals surface area contributed by atoms with Crippen molar-refractivity contribution in [3.05, 3.63) is 59.9 Å². The summed E-state index contributed by atoms with van der Waals surface area (Å²) in [5.41, 5.74) is 0.315. The number of halogens is 1. The molecule has 2 amide bonds. The fraction of sp³-hybridized carbons (Fsp3) is 0.333. The van der Waals surface area contributed by atoms with Gasteiger partial charge in [0.2, 0.25) is 0 Å². The van der Waals surface area contributed by atoms with Crippen molar-refractivity contribution in [2.45, 2.75) is 6.92 Å². The van der Waals surface area contributed by atoms with E-state index < -0.39 is 5.82 Å². The number of carbonyl (C=O) groups is 2. The molecule has 1 saturated heterocycles. The second kappa shape index (κ2) is 9.21. The van der Waals surface area contributed by atoms with Crippen LogP contribution in [0.15, 0.2) is 48.5 Å². The first kappa shape index (κ1) is 19.7. The third kappa shape index (κ3) is 4.79. The van der Waals surface area contributed by atoms with Crippen LogP contribution in [0.3, 0.4) is 0 Å². The Morgan fingerprint density at radius 3 is 2.21 bits per heavy atom. The number of piperazine rings is 1. The Balaban J connectivity index is 1.51. The molecule has 1 fully saturated rings. The van der Waals surface area contributed by atoms with E-state index in [2.05, 4.69) is 0 Å². The molecule has 0 aliphatic carbocycles. The molecule has 1 aliphatic rings. The molecular weight excluding hydrogens is 363 g/mol. The normalized spacial score (nSPS) is 13.9.